The predicted octanol–water partition coefficient (Wildman–Crippen LogP) is 4.08. The molecule has 0 spiro atoms. The molecule has 0 saturated carbocycles. The number of fused-ring (bicyclic) bond motifs is 1. The number of hydrogen-bond acceptors (Lipinski definition) is 3. The van der Waals surface area contributed by atoms with Crippen LogP contribution in [0.3, 0.4) is 0 Å². The van der Waals surface area contributed by atoms with Gasteiger partial charge >= 0.3 is 0 Å². The number of rotatable bonds is 2. The van der Waals surface area contributed by atoms with E-state index in [0.717, 1.165) is 23.4 Å². The second-order valence-corrected chi connectivity index (χ2v) is 6.04. The van der Waals surface area contributed by atoms with Gasteiger partial charge in [-0.2, -0.15) is 0 Å². The van der Waals surface area contributed by atoms with E-state index in [-0.39, 0.29) is 0 Å². The highest BCUT2D eigenvalue weighted by Gasteiger charge is 2.29. The first kappa shape index (κ1) is 11.7. The number of benzene rings is 2. The largest absolute Gasteiger partial charge is 0.399 e. The summed E-state index contributed by atoms with van der Waals surface area (Å²) >= 11 is 1.75. The third-order valence-corrected chi connectivity index (χ3v) is 4.82. The second kappa shape index (κ2) is 4.46. The fourth-order valence-corrected chi connectivity index (χ4v) is 3.70. The molecule has 20 heavy (non-hydrogen) atoms. The van der Waals surface area contributed by atoms with Crippen LogP contribution in [0.4, 0.5) is 5.69 Å². The van der Waals surface area contributed by atoms with Crippen LogP contribution in [0, 0.1) is 0 Å². The molecular formula is C17H14N2S. The van der Waals surface area contributed by atoms with Gasteiger partial charge in [0.15, 0.2) is 0 Å². The van der Waals surface area contributed by atoms with Gasteiger partial charge in [-0.15, -0.1) is 11.3 Å². The SMILES string of the molecule is Nc1cccc(-c2csc(C3Cc4ccccc43)n2)c1. The van der Waals surface area contributed by atoms with E-state index in [2.05, 4.69) is 35.7 Å². The van der Waals surface area contributed by atoms with E-state index in [1.807, 2.05) is 18.2 Å². The minimum absolute atomic E-state index is 0.478. The number of thiazole rings is 1. The maximum absolute atomic E-state index is 5.84. The van der Waals surface area contributed by atoms with Gasteiger partial charge < -0.3 is 5.73 Å². The van der Waals surface area contributed by atoms with Crippen LogP contribution in [0.2, 0.25) is 0 Å². The topological polar surface area (TPSA) is 38.9 Å². The van der Waals surface area contributed by atoms with Crippen molar-refractivity contribution in [3.05, 3.63) is 70.0 Å². The highest BCUT2D eigenvalue weighted by atomic mass is 32.1. The van der Waals surface area contributed by atoms with Gasteiger partial charge in [0.2, 0.25) is 0 Å². The number of nitrogens with two attached hydrogens (primary N) is 1. The molecule has 0 fully saturated rings. The van der Waals surface area contributed by atoms with E-state index in [9.17, 15) is 0 Å². The number of nitrogens with zero attached hydrogens (tertiary/aromatic N) is 1. The van der Waals surface area contributed by atoms with Crippen molar-refractivity contribution in [2.75, 3.05) is 5.73 Å². The van der Waals surface area contributed by atoms with Crippen LogP contribution < -0.4 is 5.73 Å². The molecule has 0 bridgehead atoms. The maximum atomic E-state index is 5.84. The summed E-state index contributed by atoms with van der Waals surface area (Å²) in [6.45, 7) is 0. The van der Waals surface area contributed by atoms with Gasteiger partial charge in [-0.3, -0.25) is 0 Å². The molecule has 2 nitrogen and oxygen atoms in total. The number of nitrogen functional groups attached to an aromatic ring is 1. The summed E-state index contributed by atoms with van der Waals surface area (Å²) in [5.74, 6) is 0.478. The average molecular weight is 278 g/mol. The minimum Gasteiger partial charge on any atom is -0.399 e. The normalized spacial score (nSPS) is 16.5. The fourth-order valence-electron chi connectivity index (χ4n) is 2.76. The Morgan fingerprint density at radius 2 is 2.00 bits per heavy atom. The van der Waals surface area contributed by atoms with Crippen LogP contribution in [0.25, 0.3) is 11.3 Å². The Morgan fingerprint density at radius 3 is 2.85 bits per heavy atom. The van der Waals surface area contributed by atoms with Crippen LogP contribution in [0.15, 0.2) is 53.9 Å². The molecule has 2 N–H and O–H groups in total. The smallest absolute Gasteiger partial charge is 0.101 e. The zero-order chi connectivity index (χ0) is 13.5. The summed E-state index contributed by atoms with van der Waals surface area (Å²) in [6.07, 6.45) is 1.11. The molecule has 4 rings (SSSR count). The van der Waals surface area contributed by atoms with Crippen molar-refractivity contribution < 1.29 is 0 Å². The quantitative estimate of drug-likeness (QED) is 0.717. The Hall–Kier alpha value is -2.13. The van der Waals surface area contributed by atoms with Gasteiger partial charge in [-0.25, -0.2) is 4.98 Å². The third-order valence-electron chi connectivity index (χ3n) is 3.86. The molecule has 0 amide bonds. The zero-order valence-corrected chi connectivity index (χ0v) is 11.7. The summed E-state index contributed by atoms with van der Waals surface area (Å²) in [5.41, 5.74) is 11.6. The van der Waals surface area contributed by atoms with Gasteiger partial charge in [0.1, 0.15) is 5.01 Å². The van der Waals surface area contributed by atoms with E-state index in [4.69, 9.17) is 10.7 Å². The standard InChI is InChI=1S/C17H14N2S/c18-13-6-3-5-12(8-13)16-10-20-17(19-16)15-9-11-4-1-2-7-14(11)15/h1-8,10,15H,9,18H2. The summed E-state index contributed by atoms with van der Waals surface area (Å²) in [5, 5.41) is 3.34. The molecule has 1 aliphatic rings. The lowest BCUT2D eigenvalue weighted by Crippen LogP contribution is -2.17. The van der Waals surface area contributed by atoms with Gasteiger partial charge in [0.25, 0.3) is 0 Å². The molecular weight excluding hydrogens is 264 g/mol. The number of hydrogen-bond donors (Lipinski definition) is 1. The minimum atomic E-state index is 0.478. The summed E-state index contributed by atoms with van der Waals surface area (Å²) in [4.78, 5) is 4.81. The Labute approximate surface area is 121 Å². The molecule has 2 aromatic carbocycles. The molecule has 0 radical (unpaired) electrons. The van der Waals surface area contributed by atoms with Crippen LogP contribution in [-0.4, -0.2) is 4.98 Å². The van der Waals surface area contributed by atoms with Gasteiger partial charge in [0, 0.05) is 22.5 Å². The molecule has 0 saturated heterocycles. The van der Waals surface area contributed by atoms with Crippen molar-refractivity contribution in [3.63, 3.8) is 0 Å². The van der Waals surface area contributed by atoms with E-state index in [1.165, 1.54) is 16.1 Å². The van der Waals surface area contributed by atoms with Crippen LogP contribution in [0.5, 0.6) is 0 Å². The van der Waals surface area contributed by atoms with Crippen LogP contribution >= 0.6 is 11.3 Å². The van der Waals surface area contributed by atoms with Gasteiger partial charge in [-0.05, 0) is 29.7 Å². The van der Waals surface area contributed by atoms with E-state index < -0.39 is 0 Å². The highest BCUT2D eigenvalue weighted by molar-refractivity contribution is 7.10. The van der Waals surface area contributed by atoms with Crippen molar-refractivity contribution in [1.82, 2.24) is 4.98 Å². The molecule has 1 unspecified atom stereocenters. The molecule has 1 aliphatic carbocycles. The van der Waals surface area contributed by atoms with Gasteiger partial charge in [0.05, 0.1) is 5.69 Å². The van der Waals surface area contributed by atoms with Crippen molar-refractivity contribution >= 4 is 17.0 Å². The predicted molar refractivity (Wildman–Crippen MR) is 84.0 cm³/mol. The molecule has 1 heterocycles. The summed E-state index contributed by atoms with van der Waals surface area (Å²) < 4.78 is 0. The monoisotopic (exact) mass is 278 g/mol. The van der Waals surface area contributed by atoms with Crippen LogP contribution in [-0.2, 0) is 6.42 Å². The lowest BCUT2D eigenvalue weighted by Gasteiger charge is -2.28. The summed E-state index contributed by atoms with van der Waals surface area (Å²) in [6, 6.07) is 16.6. The Balaban J connectivity index is 1.67. The van der Waals surface area contributed by atoms with Crippen LogP contribution in [0.1, 0.15) is 22.1 Å². The molecule has 3 aromatic rings. The van der Waals surface area contributed by atoms with Gasteiger partial charge in [-0.1, -0.05) is 36.4 Å². The van der Waals surface area contributed by atoms with E-state index >= 15 is 0 Å². The first-order chi connectivity index (χ1) is 9.81. The average Bonchev–Trinajstić information content (AvgIpc) is 2.90. The van der Waals surface area contributed by atoms with Crippen molar-refractivity contribution in [1.29, 1.82) is 0 Å². The van der Waals surface area contributed by atoms with E-state index in [1.54, 1.807) is 11.3 Å². The lowest BCUT2D eigenvalue weighted by molar-refractivity contribution is 0.703. The molecule has 1 atom stereocenters. The zero-order valence-electron chi connectivity index (χ0n) is 10.9. The Kier molecular flexibility index (Phi) is 2.60. The highest BCUT2D eigenvalue weighted by Crippen LogP contribution is 2.41. The van der Waals surface area contributed by atoms with Crippen molar-refractivity contribution in [3.8, 4) is 11.3 Å². The second-order valence-electron chi connectivity index (χ2n) is 5.15. The summed E-state index contributed by atoms with van der Waals surface area (Å²) in [7, 11) is 0. The molecule has 0 aliphatic heterocycles. The van der Waals surface area contributed by atoms with Crippen molar-refractivity contribution in [2.24, 2.45) is 0 Å². The van der Waals surface area contributed by atoms with Crippen molar-refractivity contribution in [2.45, 2.75) is 12.3 Å². The number of anilines is 1. The Morgan fingerprint density at radius 1 is 1.10 bits per heavy atom. The first-order valence-electron chi connectivity index (χ1n) is 6.70. The maximum Gasteiger partial charge on any atom is 0.101 e. The molecule has 1 aromatic heterocycles. The lowest BCUT2D eigenvalue weighted by atomic mass is 9.78. The Bertz CT molecular complexity index is 776. The van der Waals surface area contributed by atoms with E-state index in [0.29, 0.717) is 5.92 Å². The molecule has 3 heteroatoms. The molecule has 98 valence electrons. The fraction of sp³-hybridized carbons (Fsp3) is 0.118. The first-order valence-corrected chi connectivity index (χ1v) is 7.58. The third kappa shape index (κ3) is 1.82. The number of aromatic nitrogens is 1.